The predicted molar refractivity (Wildman–Crippen MR) is 68.6 cm³/mol. The quantitative estimate of drug-likeness (QED) is 0.838. The fourth-order valence-corrected chi connectivity index (χ4v) is 1.72. The summed E-state index contributed by atoms with van der Waals surface area (Å²) in [5.41, 5.74) is 5.78. The van der Waals surface area contributed by atoms with Crippen LogP contribution in [0.25, 0.3) is 0 Å². The highest BCUT2D eigenvalue weighted by molar-refractivity contribution is 5.68. The van der Waals surface area contributed by atoms with Crippen LogP contribution in [0.3, 0.4) is 0 Å². The number of nitrogens with two attached hydrogens (primary N) is 1. The van der Waals surface area contributed by atoms with Crippen LogP contribution in [0.2, 0.25) is 0 Å². The van der Waals surface area contributed by atoms with Crippen LogP contribution in [0.5, 0.6) is 0 Å². The van der Waals surface area contributed by atoms with Gasteiger partial charge in [-0.2, -0.15) is 13.2 Å². The van der Waals surface area contributed by atoms with Gasteiger partial charge in [0.25, 0.3) is 0 Å². The zero-order chi connectivity index (χ0) is 14.1. The van der Waals surface area contributed by atoms with Crippen molar-refractivity contribution in [3.8, 4) is 0 Å². The van der Waals surface area contributed by atoms with Gasteiger partial charge in [-0.1, -0.05) is 13.8 Å². The summed E-state index contributed by atoms with van der Waals surface area (Å²) in [6.07, 6.45) is -4.35. The lowest BCUT2D eigenvalue weighted by molar-refractivity contribution is -0.137. The summed E-state index contributed by atoms with van der Waals surface area (Å²) in [6, 6.07) is 3.68. The predicted octanol–water partition coefficient (Wildman–Crippen LogP) is 3.77. The monoisotopic (exact) mass is 260 g/mol. The number of nitrogen functional groups attached to an aromatic ring is 1. The average molecular weight is 260 g/mol. The highest BCUT2D eigenvalue weighted by atomic mass is 19.4. The number of benzene rings is 1. The van der Waals surface area contributed by atoms with Gasteiger partial charge in [-0.25, -0.2) is 0 Å². The Labute approximate surface area is 106 Å². The molecule has 1 unspecified atom stereocenters. The Balaban J connectivity index is 3.06. The van der Waals surface area contributed by atoms with Crippen LogP contribution >= 0.6 is 0 Å². The molecule has 2 N–H and O–H groups in total. The zero-order valence-corrected chi connectivity index (χ0v) is 11.0. The Kier molecular flexibility index (Phi) is 4.14. The van der Waals surface area contributed by atoms with Gasteiger partial charge in [0.05, 0.1) is 16.9 Å². The molecule has 18 heavy (non-hydrogen) atoms. The highest BCUT2D eigenvalue weighted by Gasteiger charge is 2.31. The third-order valence-electron chi connectivity index (χ3n) is 3.31. The summed E-state index contributed by atoms with van der Waals surface area (Å²) in [7, 11) is 1.84. The van der Waals surface area contributed by atoms with Crippen molar-refractivity contribution in [3.63, 3.8) is 0 Å². The van der Waals surface area contributed by atoms with Crippen LogP contribution in [0.15, 0.2) is 18.2 Å². The maximum atomic E-state index is 12.5. The van der Waals surface area contributed by atoms with Gasteiger partial charge in [-0.15, -0.1) is 0 Å². The highest BCUT2D eigenvalue weighted by Crippen LogP contribution is 2.34. The van der Waals surface area contributed by atoms with Crippen LogP contribution in [0.1, 0.15) is 26.3 Å². The molecule has 1 aromatic rings. The summed E-state index contributed by atoms with van der Waals surface area (Å²) in [5.74, 6) is 0.386. The van der Waals surface area contributed by atoms with Gasteiger partial charge in [0.2, 0.25) is 0 Å². The maximum Gasteiger partial charge on any atom is 0.416 e. The Morgan fingerprint density at radius 1 is 1.17 bits per heavy atom. The molecule has 5 heteroatoms. The van der Waals surface area contributed by atoms with Crippen LogP contribution in [0.4, 0.5) is 24.5 Å². The molecule has 0 amide bonds. The number of alkyl halides is 3. The first-order valence-electron chi connectivity index (χ1n) is 5.84. The molecular formula is C13H19F3N2. The molecule has 0 saturated heterocycles. The van der Waals surface area contributed by atoms with Gasteiger partial charge in [-0.05, 0) is 31.0 Å². The number of anilines is 2. The first kappa shape index (κ1) is 14.7. The number of rotatable bonds is 3. The van der Waals surface area contributed by atoms with Gasteiger partial charge in [0.1, 0.15) is 0 Å². The largest absolute Gasteiger partial charge is 0.416 e. The lowest BCUT2D eigenvalue weighted by Gasteiger charge is -2.31. The van der Waals surface area contributed by atoms with Crippen LogP contribution in [-0.2, 0) is 6.18 Å². The van der Waals surface area contributed by atoms with Crippen molar-refractivity contribution < 1.29 is 13.2 Å². The molecule has 2 nitrogen and oxygen atoms in total. The normalized spacial score (nSPS) is 13.8. The summed E-state index contributed by atoms with van der Waals surface area (Å²) in [5, 5.41) is 0. The fourth-order valence-electron chi connectivity index (χ4n) is 1.72. The van der Waals surface area contributed by atoms with Crippen molar-refractivity contribution in [3.05, 3.63) is 23.8 Å². The summed E-state index contributed by atoms with van der Waals surface area (Å²) >= 11 is 0. The van der Waals surface area contributed by atoms with E-state index in [-0.39, 0.29) is 11.7 Å². The second-order valence-corrected chi connectivity index (χ2v) is 4.87. The lowest BCUT2D eigenvalue weighted by Crippen LogP contribution is -2.33. The second kappa shape index (κ2) is 5.08. The third-order valence-corrected chi connectivity index (χ3v) is 3.31. The molecule has 0 spiro atoms. The van der Waals surface area contributed by atoms with E-state index >= 15 is 0 Å². The summed E-state index contributed by atoms with van der Waals surface area (Å²) in [6.45, 7) is 6.13. The average Bonchev–Trinajstić information content (AvgIpc) is 2.25. The topological polar surface area (TPSA) is 29.3 Å². The smallest absolute Gasteiger partial charge is 0.397 e. The fraction of sp³-hybridized carbons (Fsp3) is 0.538. The molecule has 0 fully saturated rings. The van der Waals surface area contributed by atoms with E-state index in [0.717, 1.165) is 12.1 Å². The van der Waals surface area contributed by atoms with Crippen LogP contribution in [0, 0.1) is 5.92 Å². The first-order valence-corrected chi connectivity index (χ1v) is 5.84. The molecule has 102 valence electrons. The Bertz CT molecular complexity index is 413. The van der Waals surface area contributed by atoms with Crippen molar-refractivity contribution in [2.45, 2.75) is 33.0 Å². The van der Waals surface area contributed by atoms with Gasteiger partial charge in [0, 0.05) is 13.1 Å². The molecule has 0 aliphatic carbocycles. The minimum Gasteiger partial charge on any atom is -0.397 e. The Morgan fingerprint density at radius 2 is 1.72 bits per heavy atom. The van der Waals surface area contributed by atoms with Crippen molar-refractivity contribution in [2.75, 3.05) is 17.7 Å². The summed E-state index contributed by atoms with van der Waals surface area (Å²) < 4.78 is 37.6. The van der Waals surface area contributed by atoms with E-state index in [1.54, 1.807) is 0 Å². The van der Waals surface area contributed by atoms with Crippen LogP contribution in [-0.4, -0.2) is 13.1 Å². The van der Waals surface area contributed by atoms with Gasteiger partial charge < -0.3 is 10.6 Å². The van der Waals surface area contributed by atoms with E-state index in [4.69, 9.17) is 5.73 Å². The number of hydrogen-bond donors (Lipinski definition) is 1. The number of halogens is 3. The van der Waals surface area contributed by atoms with Crippen molar-refractivity contribution >= 4 is 11.4 Å². The molecule has 0 saturated carbocycles. The van der Waals surface area contributed by atoms with Crippen molar-refractivity contribution in [1.82, 2.24) is 0 Å². The molecule has 0 radical (unpaired) electrons. The number of hydrogen-bond acceptors (Lipinski definition) is 2. The van der Waals surface area contributed by atoms with E-state index in [1.807, 2.05) is 18.9 Å². The van der Waals surface area contributed by atoms with E-state index in [1.165, 1.54) is 6.07 Å². The van der Waals surface area contributed by atoms with Crippen molar-refractivity contribution in [2.24, 2.45) is 5.92 Å². The molecule has 1 rings (SSSR count). The SMILES string of the molecule is CC(C)C(C)N(C)c1ccc(C(F)(F)F)cc1N. The van der Waals surface area contributed by atoms with E-state index < -0.39 is 11.7 Å². The molecule has 0 aliphatic heterocycles. The zero-order valence-electron chi connectivity index (χ0n) is 11.0. The second-order valence-electron chi connectivity index (χ2n) is 4.87. The van der Waals surface area contributed by atoms with Gasteiger partial charge in [0.15, 0.2) is 0 Å². The van der Waals surface area contributed by atoms with Gasteiger partial charge in [-0.3, -0.25) is 0 Å². The van der Waals surface area contributed by atoms with E-state index in [9.17, 15) is 13.2 Å². The number of nitrogens with zero attached hydrogens (tertiary/aromatic N) is 1. The van der Waals surface area contributed by atoms with Crippen LogP contribution < -0.4 is 10.6 Å². The molecule has 0 aliphatic rings. The van der Waals surface area contributed by atoms with E-state index in [2.05, 4.69) is 13.8 Å². The minimum absolute atomic E-state index is 0.153. The molecular weight excluding hydrogens is 241 g/mol. The lowest BCUT2D eigenvalue weighted by atomic mass is 10.0. The standard InChI is InChI=1S/C13H19F3N2/c1-8(2)9(3)18(4)12-6-5-10(7-11(12)17)13(14,15)16/h5-9H,17H2,1-4H3. The molecule has 1 atom stereocenters. The summed E-state index contributed by atoms with van der Waals surface area (Å²) in [4.78, 5) is 1.90. The maximum absolute atomic E-state index is 12.5. The van der Waals surface area contributed by atoms with Gasteiger partial charge >= 0.3 is 6.18 Å². The van der Waals surface area contributed by atoms with E-state index in [0.29, 0.717) is 11.6 Å². The van der Waals surface area contributed by atoms with Crippen molar-refractivity contribution in [1.29, 1.82) is 0 Å². The molecule has 0 heterocycles. The minimum atomic E-state index is -4.35. The molecule has 0 bridgehead atoms. The third kappa shape index (κ3) is 3.09. The molecule has 0 aromatic heterocycles. The Hall–Kier alpha value is -1.39. The molecule has 1 aromatic carbocycles. The first-order chi connectivity index (χ1) is 8.14. The Morgan fingerprint density at radius 3 is 2.11 bits per heavy atom.